The van der Waals surface area contributed by atoms with Crippen molar-refractivity contribution >= 4 is 11.9 Å². The van der Waals surface area contributed by atoms with E-state index < -0.39 is 11.9 Å². The number of carbonyl (C=O) groups is 2. The van der Waals surface area contributed by atoms with Crippen LogP contribution in [-0.4, -0.2) is 23.0 Å². The van der Waals surface area contributed by atoms with Crippen LogP contribution in [0, 0.1) is 23.7 Å². The van der Waals surface area contributed by atoms with Crippen molar-refractivity contribution in [3.05, 3.63) is 12.2 Å². The Bertz CT molecular complexity index is 364. The lowest BCUT2D eigenvalue weighted by molar-refractivity contribution is -0.148. The van der Waals surface area contributed by atoms with Gasteiger partial charge < -0.3 is 10.4 Å². The van der Waals surface area contributed by atoms with Crippen molar-refractivity contribution in [3.63, 3.8) is 0 Å². The molecule has 3 unspecified atom stereocenters. The predicted octanol–water partition coefficient (Wildman–Crippen LogP) is 1.42. The molecule has 5 atom stereocenters. The summed E-state index contributed by atoms with van der Waals surface area (Å²) in [4.78, 5) is 23.4. The number of hydrogen-bond donors (Lipinski definition) is 2. The first-order chi connectivity index (χ1) is 8.04. The molecule has 2 rings (SSSR count). The second-order valence-corrected chi connectivity index (χ2v) is 5.16. The molecule has 1 saturated carbocycles. The molecule has 94 valence electrons. The van der Waals surface area contributed by atoms with Crippen LogP contribution >= 0.6 is 0 Å². The summed E-state index contributed by atoms with van der Waals surface area (Å²) in [6.07, 6.45) is 5.64. The smallest absolute Gasteiger partial charge is 0.307 e. The van der Waals surface area contributed by atoms with Gasteiger partial charge in [-0.05, 0) is 31.6 Å². The van der Waals surface area contributed by atoms with Crippen LogP contribution in [-0.2, 0) is 9.59 Å². The average Bonchev–Trinajstić information content (AvgIpc) is 2.87. The molecule has 2 bridgehead atoms. The van der Waals surface area contributed by atoms with Gasteiger partial charge in [0.15, 0.2) is 0 Å². The molecule has 17 heavy (non-hydrogen) atoms. The lowest BCUT2D eigenvalue weighted by atomic mass is 9.82. The van der Waals surface area contributed by atoms with Gasteiger partial charge in [-0.1, -0.05) is 19.1 Å². The van der Waals surface area contributed by atoms with Crippen molar-refractivity contribution in [1.82, 2.24) is 5.32 Å². The third-order valence-electron chi connectivity index (χ3n) is 4.05. The number of amides is 1. The molecule has 0 aliphatic heterocycles. The van der Waals surface area contributed by atoms with Crippen LogP contribution in [0.3, 0.4) is 0 Å². The fourth-order valence-corrected chi connectivity index (χ4v) is 2.96. The van der Waals surface area contributed by atoms with Crippen LogP contribution in [0.15, 0.2) is 12.2 Å². The zero-order chi connectivity index (χ0) is 12.6. The molecule has 2 N–H and O–H groups in total. The second-order valence-electron chi connectivity index (χ2n) is 5.16. The number of hydrogen-bond acceptors (Lipinski definition) is 2. The van der Waals surface area contributed by atoms with E-state index in [1.54, 1.807) is 0 Å². The summed E-state index contributed by atoms with van der Waals surface area (Å²) in [5, 5.41) is 12.1. The lowest BCUT2D eigenvalue weighted by Crippen LogP contribution is -2.43. The minimum Gasteiger partial charge on any atom is -0.481 e. The molecule has 0 aromatic rings. The Morgan fingerprint density at radius 1 is 1.35 bits per heavy atom. The molecule has 0 spiro atoms. The maximum Gasteiger partial charge on any atom is 0.307 e. The average molecular weight is 237 g/mol. The molecule has 0 saturated heterocycles. The Balaban J connectivity index is 2.11. The van der Waals surface area contributed by atoms with Gasteiger partial charge in [0.05, 0.1) is 11.8 Å². The molecule has 2 aliphatic rings. The van der Waals surface area contributed by atoms with Gasteiger partial charge in [0, 0.05) is 6.04 Å². The van der Waals surface area contributed by atoms with Gasteiger partial charge in [-0.15, -0.1) is 0 Å². The highest BCUT2D eigenvalue weighted by molar-refractivity contribution is 5.87. The maximum absolute atomic E-state index is 12.1. The fraction of sp³-hybridized carbons (Fsp3) is 0.692. The minimum atomic E-state index is -0.842. The SMILES string of the molecule is CCC(C)NC(=O)[C@H]1C2C=CC(C2)[C@H]1C(=O)O. The topological polar surface area (TPSA) is 66.4 Å². The van der Waals surface area contributed by atoms with Crippen LogP contribution in [0.2, 0.25) is 0 Å². The summed E-state index contributed by atoms with van der Waals surface area (Å²) in [6.45, 7) is 3.94. The molecular formula is C13H19NO3. The first-order valence-electron chi connectivity index (χ1n) is 6.26. The molecule has 1 fully saturated rings. The molecule has 2 aliphatic carbocycles. The molecule has 0 aromatic carbocycles. The number of carbonyl (C=O) groups excluding carboxylic acids is 1. The summed E-state index contributed by atoms with van der Waals surface area (Å²) in [5.74, 6) is -1.68. The highest BCUT2D eigenvalue weighted by Gasteiger charge is 2.51. The van der Waals surface area contributed by atoms with E-state index in [-0.39, 0.29) is 29.7 Å². The maximum atomic E-state index is 12.1. The second kappa shape index (κ2) is 4.51. The van der Waals surface area contributed by atoms with Crippen LogP contribution < -0.4 is 5.32 Å². The third kappa shape index (κ3) is 2.08. The Hall–Kier alpha value is -1.32. The number of allylic oxidation sites excluding steroid dienone is 2. The van der Waals surface area contributed by atoms with E-state index in [1.165, 1.54) is 0 Å². The monoisotopic (exact) mass is 237 g/mol. The summed E-state index contributed by atoms with van der Waals surface area (Å²) < 4.78 is 0. The Kier molecular flexibility index (Phi) is 3.22. The zero-order valence-corrected chi connectivity index (χ0v) is 10.2. The van der Waals surface area contributed by atoms with Crippen LogP contribution in [0.25, 0.3) is 0 Å². The fourth-order valence-electron chi connectivity index (χ4n) is 2.96. The van der Waals surface area contributed by atoms with Gasteiger partial charge in [-0.3, -0.25) is 9.59 Å². The highest BCUT2D eigenvalue weighted by atomic mass is 16.4. The van der Waals surface area contributed by atoms with Crippen molar-refractivity contribution in [3.8, 4) is 0 Å². The van der Waals surface area contributed by atoms with Gasteiger partial charge in [0.25, 0.3) is 0 Å². The molecule has 0 radical (unpaired) electrons. The highest BCUT2D eigenvalue weighted by Crippen LogP contribution is 2.48. The van der Waals surface area contributed by atoms with E-state index in [1.807, 2.05) is 26.0 Å². The minimum absolute atomic E-state index is 0.0465. The van der Waals surface area contributed by atoms with Crippen molar-refractivity contribution < 1.29 is 14.7 Å². The molecule has 4 nitrogen and oxygen atoms in total. The van der Waals surface area contributed by atoms with Crippen LogP contribution in [0.5, 0.6) is 0 Å². The standard InChI is InChI=1S/C13H19NO3/c1-3-7(2)14-12(15)10-8-4-5-9(6-8)11(10)13(16)17/h4-5,7-11H,3,6H2,1-2H3,(H,14,15)(H,16,17)/t7?,8?,9?,10-,11+/m0/s1. The Labute approximate surface area is 101 Å². The normalized spacial score (nSPS) is 35.9. The molecule has 0 aromatic heterocycles. The Morgan fingerprint density at radius 3 is 2.47 bits per heavy atom. The molecule has 4 heteroatoms. The first kappa shape index (κ1) is 12.1. The quantitative estimate of drug-likeness (QED) is 0.727. The molecular weight excluding hydrogens is 218 g/mol. The number of rotatable bonds is 4. The van der Waals surface area contributed by atoms with Gasteiger partial charge in [-0.2, -0.15) is 0 Å². The van der Waals surface area contributed by atoms with Crippen LogP contribution in [0.4, 0.5) is 0 Å². The first-order valence-corrected chi connectivity index (χ1v) is 6.26. The van der Waals surface area contributed by atoms with E-state index in [9.17, 15) is 14.7 Å². The number of nitrogens with one attached hydrogen (secondary N) is 1. The zero-order valence-electron chi connectivity index (χ0n) is 10.2. The third-order valence-corrected chi connectivity index (χ3v) is 4.05. The molecule has 0 heterocycles. The van der Waals surface area contributed by atoms with Crippen molar-refractivity contribution in [2.45, 2.75) is 32.7 Å². The summed E-state index contributed by atoms with van der Waals surface area (Å²) in [5.41, 5.74) is 0. The van der Waals surface area contributed by atoms with Crippen molar-refractivity contribution in [2.75, 3.05) is 0 Å². The summed E-state index contributed by atoms with van der Waals surface area (Å²) in [6, 6.07) is 0.111. The van der Waals surface area contributed by atoms with Gasteiger partial charge in [0.1, 0.15) is 0 Å². The lowest BCUT2D eigenvalue weighted by Gasteiger charge is -2.25. The number of carboxylic acids is 1. The van der Waals surface area contributed by atoms with E-state index in [0.717, 1.165) is 12.8 Å². The Morgan fingerprint density at radius 2 is 1.94 bits per heavy atom. The van der Waals surface area contributed by atoms with Crippen molar-refractivity contribution in [2.24, 2.45) is 23.7 Å². The van der Waals surface area contributed by atoms with Gasteiger partial charge >= 0.3 is 5.97 Å². The number of aliphatic carboxylic acids is 1. The molecule has 1 amide bonds. The van der Waals surface area contributed by atoms with E-state index in [0.29, 0.717) is 0 Å². The summed E-state index contributed by atoms with van der Waals surface area (Å²) >= 11 is 0. The number of fused-ring (bicyclic) bond motifs is 2. The van der Waals surface area contributed by atoms with Crippen molar-refractivity contribution in [1.29, 1.82) is 0 Å². The van der Waals surface area contributed by atoms with E-state index in [4.69, 9.17) is 0 Å². The van der Waals surface area contributed by atoms with Gasteiger partial charge in [0.2, 0.25) is 5.91 Å². The summed E-state index contributed by atoms with van der Waals surface area (Å²) in [7, 11) is 0. The van der Waals surface area contributed by atoms with E-state index in [2.05, 4.69) is 5.32 Å². The predicted molar refractivity (Wildman–Crippen MR) is 63.2 cm³/mol. The largest absolute Gasteiger partial charge is 0.481 e. The van der Waals surface area contributed by atoms with E-state index >= 15 is 0 Å². The van der Waals surface area contributed by atoms with Crippen LogP contribution in [0.1, 0.15) is 26.7 Å². The number of carboxylic acid groups (broad SMARTS) is 1. The van der Waals surface area contributed by atoms with Gasteiger partial charge in [-0.25, -0.2) is 0 Å².